The van der Waals surface area contributed by atoms with Gasteiger partial charge in [0.25, 0.3) is 0 Å². The van der Waals surface area contributed by atoms with Crippen molar-refractivity contribution >= 4 is 21.9 Å². The number of carboxylic acid groups (broad SMARTS) is 1. The lowest BCUT2D eigenvalue weighted by atomic mass is 9.94. The highest BCUT2D eigenvalue weighted by molar-refractivity contribution is 9.10. The van der Waals surface area contributed by atoms with Crippen molar-refractivity contribution in [3.63, 3.8) is 0 Å². The van der Waals surface area contributed by atoms with Gasteiger partial charge < -0.3 is 5.11 Å². The van der Waals surface area contributed by atoms with Crippen LogP contribution in [0.2, 0.25) is 0 Å². The highest BCUT2D eigenvalue weighted by Gasteiger charge is 2.25. The van der Waals surface area contributed by atoms with Crippen LogP contribution in [-0.4, -0.2) is 11.1 Å². The summed E-state index contributed by atoms with van der Waals surface area (Å²) in [4.78, 5) is 11.2. The van der Waals surface area contributed by atoms with Crippen molar-refractivity contribution in [3.8, 4) is 0 Å². The minimum Gasteiger partial charge on any atom is -0.481 e. The first kappa shape index (κ1) is 12.6. The molecule has 0 spiro atoms. The van der Waals surface area contributed by atoms with Crippen LogP contribution in [0.4, 0.5) is 0 Å². The second kappa shape index (κ2) is 5.67. The lowest BCUT2D eigenvalue weighted by molar-refractivity contribution is -0.142. The smallest absolute Gasteiger partial charge is 0.306 e. The Labute approximate surface area is 110 Å². The molecule has 1 N–H and O–H groups in total. The molecular formula is C14H17BrO2. The third kappa shape index (κ3) is 4.15. The van der Waals surface area contributed by atoms with Crippen LogP contribution in [0.3, 0.4) is 0 Å². The van der Waals surface area contributed by atoms with E-state index in [4.69, 9.17) is 0 Å². The van der Waals surface area contributed by atoms with Gasteiger partial charge in [-0.15, -0.1) is 0 Å². The molecule has 17 heavy (non-hydrogen) atoms. The Morgan fingerprint density at radius 1 is 1.35 bits per heavy atom. The number of benzene rings is 1. The predicted molar refractivity (Wildman–Crippen MR) is 70.9 cm³/mol. The number of carboxylic acids is 1. The van der Waals surface area contributed by atoms with Gasteiger partial charge in [0, 0.05) is 4.47 Å². The summed E-state index contributed by atoms with van der Waals surface area (Å²) in [6.45, 7) is 0. The molecular weight excluding hydrogens is 280 g/mol. The molecule has 0 saturated heterocycles. The van der Waals surface area contributed by atoms with E-state index in [0.717, 1.165) is 28.8 Å². The highest BCUT2D eigenvalue weighted by atomic mass is 79.9. The molecule has 0 amide bonds. The van der Waals surface area contributed by atoms with Crippen molar-refractivity contribution in [1.29, 1.82) is 0 Å². The molecule has 2 nitrogen and oxygen atoms in total. The molecule has 0 aromatic heterocycles. The monoisotopic (exact) mass is 296 g/mol. The topological polar surface area (TPSA) is 37.3 Å². The van der Waals surface area contributed by atoms with E-state index in [0.29, 0.717) is 6.42 Å². The van der Waals surface area contributed by atoms with Crippen molar-refractivity contribution in [2.75, 3.05) is 0 Å². The lowest BCUT2D eigenvalue weighted by Gasteiger charge is -2.12. The molecule has 1 fully saturated rings. The minimum atomic E-state index is -0.659. The molecule has 1 unspecified atom stereocenters. The minimum absolute atomic E-state index is 0.225. The second-order valence-electron chi connectivity index (χ2n) is 4.89. The van der Waals surface area contributed by atoms with E-state index in [2.05, 4.69) is 15.9 Å². The summed E-state index contributed by atoms with van der Waals surface area (Å²) < 4.78 is 1.03. The Morgan fingerprint density at radius 3 is 2.53 bits per heavy atom. The van der Waals surface area contributed by atoms with Crippen molar-refractivity contribution < 1.29 is 9.90 Å². The maximum atomic E-state index is 11.2. The average molecular weight is 297 g/mol. The highest BCUT2D eigenvalue weighted by Crippen LogP contribution is 2.35. The molecule has 1 aromatic carbocycles. The normalized spacial score (nSPS) is 16.8. The Balaban J connectivity index is 1.91. The first-order valence-electron chi connectivity index (χ1n) is 6.12. The maximum Gasteiger partial charge on any atom is 0.306 e. The molecule has 92 valence electrons. The van der Waals surface area contributed by atoms with Gasteiger partial charge in [0.2, 0.25) is 0 Å². The van der Waals surface area contributed by atoms with Crippen molar-refractivity contribution in [2.24, 2.45) is 11.8 Å². The molecule has 0 radical (unpaired) electrons. The SMILES string of the molecule is O=C(O)C(CCC1CC1)Cc1ccc(Br)cc1. The van der Waals surface area contributed by atoms with Gasteiger partial charge in [0.15, 0.2) is 0 Å². The fourth-order valence-corrected chi connectivity index (χ4v) is 2.33. The summed E-state index contributed by atoms with van der Waals surface area (Å²) in [5, 5.41) is 9.21. The van der Waals surface area contributed by atoms with E-state index in [1.807, 2.05) is 24.3 Å². The van der Waals surface area contributed by atoms with E-state index < -0.39 is 5.97 Å². The van der Waals surface area contributed by atoms with Crippen LogP contribution in [0, 0.1) is 11.8 Å². The Bertz CT molecular complexity index is 382. The molecule has 2 rings (SSSR count). The zero-order valence-electron chi connectivity index (χ0n) is 9.73. The van der Waals surface area contributed by atoms with Gasteiger partial charge in [-0.25, -0.2) is 0 Å². The Morgan fingerprint density at radius 2 is 2.00 bits per heavy atom. The van der Waals surface area contributed by atoms with Crippen LogP contribution in [0.15, 0.2) is 28.7 Å². The second-order valence-corrected chi connectivity index (χ2v) is 5.80. The summed E-state index contributed by atoms with van der Waals surface area (Å²) in [5.74, 6) is -0.0767. The summed E-state index contributed by atoms with van der Waals surface area (Å²) >= 11 is 3.38. The van der Waals surface area contributed by atoms with Crippen molar-refractivity contribution in [1.82, 2.24) is 0 Å². The summed E-state index contributed by atoms with van der Waals surface area (Å²) in [6, 6.07) is 7.93. The number of hydrogen-bond acceptors (Lipinski definition) is 1. The van der Waals surface area contributed by atoms with Crippen LogP contribution in [-0.2, 0) is 11.2 Å². The van der Waals surface area contributed by atoms with Gasteiger partial charge in [-0.05, 0) is 42.9 Å². The van der Waals surface area contributed by atoms with Crippen LogP contribution in [0.5, 0.6) is 0 Å². The van der Waals surface area contributed by atoms with Crippen molar-refractivity contribution in [3.05, 3.63) is 34.3 Å². The van der Waals surface area contributed by atoms with Crippen molar-refractivity contribution in [2.45, 2.75) is 32.1 Å². The summed E-state index contributed by atoms with van der Waals surface area (Å²) in [5.41, 5.74) is 1.11. The van der Waals surface area contributed by atoms with Gasteiger partial charge in [-0.2, -0.15) is 0 Å². The largest absolute Gasteiger partial charge is 0.481 e. The molecule has 3 heteroatoms. The molecule has 1 aliphatic carbocycles. The molecule has 0 bridgehead atoms. The van der Waals surface area contributed by atoms with Gasteiger partial charge in [-0.3, -0.25) is 4.79 Å². The molecule has 1 atom stereocenters. The number of halogens is 1. The fraction of sp³-hybridized carbons (Fsp3) is 0.500. The van der Waals surface area contributed by atoms with Crippen LogP contribution < -0.4 is 0 Å². The third-order valence-electron chi connectivity index (χ3n) is 3.36. The van der Waals surface area contributed by atoms with Crippen LogP contribution in [0.1, 0.15) is 31.2 Å². The molecule has 0 heterocycles. The average Bonchev–Trinajstić information content (AvgIpc) is 3.10. The standard InChI is InChI=1S/C14H17BrO2/c15-13-7-4-11(5-8-13)9-12(14(16)17)6-3-10-1-2-10/h4-5,7-8,10,12H,1-3,6,9H2,(H,16,17). The summed E-state index contributed by atoms with van der Waals surface area (Å²) in [6.07, 6.45) is 5.13. The van der Waals surface area contributed by atoms with Crippen LogP contribution in [0.25, 0.3) is 0 Å². The number of rotatable bonds is 6. The quantitative estimate of drug-likeness (QED) is 0.865. The van der Waals surface area contributed by atoms with Gasteiger partial charge >= 0.3 is 5.97 Å². The third-order valence-corrected chi connectivity index (χ3v) is 3.89. The summed E-state index contributed by atoms with van der Waals surface area (Å²) in [7, 11) is 0. The van der Waals surface area contributed by atoms with Crippen LogP contribution >= 0.6 is 15.9 Å². The number of carbonyl (C=O) groups is 1. The fourth-order valence-electron chi connectivity index (χ4n) is 2.06. The number of aliphatic carboxylic acids is 1. The zero-order valence-corrected chi connectivity index (χ0v) is 11.3. The first-order chi connectivity index (χ1) is 8.15. The molecule has 1 aliphatic rings. The van der Waals surface area contributed by atoms with Gasteiger partial charge in [0.05, 0.1) is 5.92 Å². The Kier molecular flexibility index (Phi) is 4.21. The van der Waals surface area contributed by atoms with Gasteiger partial charge in [0.1, 0.15) is 0 Å². The molecule has 0 aliphatic heterocycles. The lowest BCUT2D eigenvalue weighted by Crippen LogP contribution is -2.16. The van der Waals surface area contributed by atoms with E-state index in [1.165, 1.54) is 12.8 Å². The zero-order chi connectivity index (χ0) is 12.3. The molecule has 1 aromatic rings. The number of hydrogen-bond donors (Lipinski definition) is 1. The molecule has 1 saturated carbocycles. The Hall–Kier alpha value is -0.830. The van der Waals surface area contributed by atoms with E-state index in [9.17, 15) is 9.90 Å². The van der Waals surface area contributed by atoms with Gasteiger partial charge in [-0.1, -0.05) is 40.9 Å². The maximum absolute atomic E-state index is 11.2. The first-order valence-corrected chi connectivity index (χ1v) is 6.91. The predicted octanol–water partition coefficient (Wildman–Crippen LogP) is 3.88. The van der Waals surface area contributed by atoms with E-state index in [-0.39, 0.29) is 5.92 Å². The van der Waals surface area contributed by atoms with E-state index in [1.54, 1.807) is 0 Å². The van der Waals surface area contributed by atoms with E-state index >= 15 is 0 Å².